The summed E-state index contributed by atoms with van der Waals surface area (Å²) in [5, 5.41) is 3.49. The summed E-state index contributed by atoms with van der Waals surface area (Å²) in [4.78, 5) is 2.70. The zero-order valence-electron chi connectivity index (χ0n) is 6.98. The van der Waals surface area contributed by atoms with E-state index in [4.69, 9.17) is 10.3 Å². The fourth-order valence-corrected chi connectivity index (χ4v) is 0.926. The number of aryl methyl sites for hydroxylation is 1. The van der Waals surface area contributed by atoms with Crippen molar-refractivity contribution in [3.05, 3.63) is 34.2 Å². The summed E-state index contributed by atoms with van der Waals surface area (Å²) in [6, 6.07) is 5.45. The van der Waals surface area contributed by atoms with Gasteiger partial charge in [-0.2, -0.15) is 0 Å². The van der Waals surface area contributed by atoms with Crippen LogP contribution in [-0.4, -0.2) is 7.11 Å². The summed E-state index contributed by atoms with van der Waals surface area (Å²) >= 11 is 0. The van der Waals surface area contributed by atoms with Gasteiger partial charge in [-0.15, -0.1) is 0 Å². The Balaban J connectivity index is 3.20. The molecule has 0 heterocycles. The van der Waals surface area contributed by atoms with Gasteiger partial charge >= 0.3 is 0 Å². The molecular weight excluding hydrogens is 154 g/mol. The van der Waals surface area contributed by atoms with E-state index >= 15 is 0 Å². The number of methoxy groups -OCH3 is 1. The van der Waals surface area contributed by atoms with Crippen LogP contribution in [0.15, 0.2) is 23.3 Å². The van der Waals surface area contributed by atoms with Gasteiger partial charge in [0.15, 0.2) is 0 Å². The third-order valence-corrected chi connectivity index (χ3v) is 1.49. The normalized spacial score (nSPS) is 8.83. The van der Waals surface area contributed by atoms with Crippen molar-refractivity contribution in [2.75, 3.05) is 7.11 Å². The van der Waals surface area contributed by atoms with Gasteiger partial charge in [-0.1, -0.05) is 16.7 Å². The van der Waals surface area contributed by atoms with Crippen LogP contribution in [0.5, 0.6) is 5.75 Å². The molecule has 0 saturated carbocycles. The van der Waals surface area contributed by atoms with Gasteiger partial charge in [0.05, 0.1) is 12.8 Å². The predicted molar refractivity (Wildman–Crippen MR) is 46.5 cm³/mol. The molecule has 0 bridgehead atoms. The maximum atomic E-state index is 8.23. The molecule has 62 valence electrons. The van der Waals surface area contributed by atoms with Crippen molar-refractivity contribution in [2.24, 2.45) is 5.11 Å². The molecule has 12 heavy (non-hydrogen) atoms. The van der Waals surface area contributed by atoms with Crippen LogP contribution in [-0.2, 0) is 0 Å². The molecule has 1 aromatic carbocycles. The highest BCUT2D eigenvalue weighted by molar-refractivity contribution is 5.53. The molecule has 0 fully saturated rings. The maximum absolute atomic E-state index is 8.23. The molecule has 0 aromatic heterocycles. The van der Waals surface area contributed by atoms with E-state index in [-0.39, 0.29) is 0 Å². The van der Waals surface area contributed by atoms with E-state index < -0.39 is 0 Å². The molecule has 0 atom stereocenters. The first kappa shape index (κ1) is 8.43. The lowest BCUT2D eigenvalue weighted by Gasteiger charge is -2.03. The zero-order valence-corrected chi connectivity index (χ0v) is 6.98. The van der Waals surface area contributed by atoms with Gasteiger partial charge in [-0.25, -0.2) is 0 Å². The summed E-state index contributed by atoms with van der Waals surface area (Å²) in [7, 11) is 1.54. The third kappa shape index (κ3) is 1.68. The molecule has 0 aliphatic heterocycles. The Morgan fingerprint density at radius 3 is 2.83 bits per heavy atom. The topological polar surface area (TPSA) is 58.0 Å². The van der Waals surface area contributed by atoms with Crippen molar-refractivity contribution >= 4 is 5.69 Å². The SMILES string of the molecule is COc1ccc(C)cc1N=[N+]=[N-]. The van der Waals surface area contributed by atoms with Crippen molar-refractivity contribution in [3.8, 4) is 5.75 Å². The molecule has 0 saturated heterocycles. The Morgan fingerprint density at radius 2 is 2.25 bits per heavy atom. The van der Waals surface area contributed by atoms with Crippen molar-refractivity contribution < 1.29 is 4.74 Å². The molecule has 4 heteroatoms. The van der Waals surface area contributed by atoms with Crippen LogP contribution < -0.4 is 4.74 Å². The summed E-state index contributed by atoms with van der Waals surface area (Å²) < 4.78 is 4.99. The van der Waals surface area contributed by atoms with Crippen LogP contribution in [0.25, 0.3) is 10.4 Å². The molecule has 0 spiro atoms. The van der Waals surface area contributed by atoms with Crippen LogP contribution in [0, 0.1) is 6.92 Å². The second kappa shape index (κ2) is 3.64. The Labute approximate surface area is 70.4 Å². The van der Waals surface area contributed by atoms with Gasteiger partial charge in [0.1, 0.15) is 5.75 Å². The van der Waals surface area contributed by atoms with Crippen LogP contribution >= 0.6 is 0 Å². The summed E-state index contributed by atoms with van der Waals surface area (Å²) in [5.41, 5.74) is 9.80. The fraction of sp³-hybridized carbons (Fsp3) is 0.250. The number of rotatable bonds is 2. The number of hydrogen-bond donors (Lipinski definition) is 0. The first-order valence-corrected chi connectivity index (χ1v) is 3.47. The fourth-order valence-electron chi connectivity index (χ4n) is 0.926. The lowest BCUT2D eigenvalue weighted by molar-refractivity contribution is 0.416. The highest BCUT2D eigenvalue weighted by atomic mass is 16.5. The Bertz CT molecular complexity index is 329. The van der Waals surface area contributed by atoms with Gasteiger partial charge in [0.2, 0.25) is 0 Å². The molecule has 1 aromatic rings. The number of hydrogen-bond acceptors (Lipinski definition) is 2. The molecule has 1 rings (SSSR count). The first-order valence-electron chi connectivity index (χ1n) is 3.47. The molecule has 4 nitrogen and oxygen atoms in total. The van der Waals surface area contributed by atoms with Crippen LogP contribution in [0.4, 0.5) is 5.69 Å². The molecule has 0 aliphatic rings. The predicted octanol–water partition coefficient (Wildman–Crippen LogP) is 2.95. The lowest BCUT2D eigenvalue weighted by Crippen LogP contribution is -1.83. The van der Waals surface area contributed by atoms with E-state index in [1.54, 1.807) is 19.2 Å². The van der Waals surface area contributed by atoms with Crippen LogP contribution in [0.2, 0.25) is 0 Å². The third-order valence-electron chi connectivity index (χ3n) is 1.49. The molecule has 0 aliphatic carbocycles. The van der Waals surface area contributed by atoms with E-state index in [2.05, 4.69) is 10.0 Å². The minimum atomic E-state index is 0.528. The Kier molecular flexibility index (Phi) is 2.56. The average Bonchev–Trinajstić information content (AvgIpc) is 2.05. The lowest BCUT2D eigenvalue weighted by atomic mass is 10.2. The van der Waals surface area contributed by atoms with Crippen molar-refractivity contribution in [1.82, 2.24) is 0 Å². The molecule has 0 unspecified atom stereocenters. The van der Waals surface area contributed by atoms with E-state index in [9.17, 15) is 0 Å². The number of azide groups is 1. The second-order valence-electron chi connectivity index (χ2n) is 2.36. The minimum absolute atomic E-state index is 0.528. The second-order valence-corrected chi connectivity index (χ2v) is 2.36. The Hall–Kier alpha value is -1.67. The van der Waals surface area contributed by atoms with Crippen molar-refractivity contribution in [1.29, 1.82) is 0 Å². The van der Waals surface area contributed by atoms with E-state index in [1.807, 2.05) is 13.0 Å². The number of nitrogens with zero attached hydrogens (tertiary/aromatic N) is 3. The molecule has 0 N–H and O–H groups in total. The standard InChI is InChI=1S/C8H9N3O/c1-6-3-4-8(12-2)7(5-6)10-11-9/h3-5H,1-2H3. The number of ether oxygens (including phenoxy) is 1. The van der Waals surface area contributed by atoms with Gasteiger partial charge in [0, 0.05) is 4.91 Å². The van der Waals surface area contributed by atoms with Crippen LogP contribution in [0.3, 0.4) is 0 Å². The summed E-state index contributed by atoms with van der Waals surface area (Å²) in [6.45, 7) is 1.93. The molecule has 0 radical (unpaired) electrons. The van der Waals surface area contributed by atoms with E-state index in [0.717, 1.165) is 5.56 Å². The first-order chi connectivity index (χ1) is 5.77. The van der Waals surface area contributed by atoms with Crippen molar-refractivity contribution in [3.63, 3.8) is 0 Å². The zero-order chi connectivity index (χ0) is 8.97. The molecule has 0 amide bonds. The van der Waals surface area contributed by atoms with E-state index in [0.29, 0.717) is 11.4 Å². The van der Waals surface area contributed by atoms with Crippen molar-refractivity contribution in [2.45, 2.75) is 6.92 Å². The monoisotopic (exact) mass is 163 g/mol. The maximum Gasteiger partial charge on any atom is 0.128 e. The van der Waals surface area contributed by atoms with Crippen LogP contribution in [0.1, 0.15) is 5.56 Å². The largest absolute Gasteiger partial charge is 0.496 e. The highest BCUT2D eigenvalue weighted by Crippen LogP contribution is 2.27. The quantitative estimate of drug-likeness (QED) is 0.375. The van der Waals surface area contributed by atoms with Gasteiger partial charge in [-0.3, -0.25) is 0 Å². The highest BCUT2D eigenvalue weighted by Gasteiger charge is 1.98. The summed E-state index contributed by atoms with van der Waals surface area (Å²) in [5.74, 6) is 0.596. The van der Waals surface area contributed by atoms with Gasteiger partial charge in [-0.05, 0) is 24.6 Å². The van der Waals surface area contributed by atoms with E-state index in [1.165, 1.54) is 0 Å². The smallest absolute Gasteiger partial charge is 0.128 e. The van der Waals surface area contributed by atoms with Gasteiger partial charge in [0.25, 0.3) is 0 Å². The number of benzene rings is 1. The van der Waals surface area contributed by atoms with Gasteiger partial charge < -0.3 is 4.74 Å². The molecular formula is C8H9N3O. The minimum Gasteiger partial charge on any atom is -0.496 e. The Morgan fingerprint density at radius 1 is 1.50 bits per heavy atom. The average molecular weight is 163 g/mol. The summed E-state index contributed by atoms with van der Waals surface area (Å²) in [6.07, 6.45) is 0.